The van der Waals surface area contributed by atoms with Gasteiger partial charge >= 0.3 is 0 Å². The van der Waals surface area contributed by atoms with Crippen LogP contribution in [0.1, 0.15) is 22.3 Å². The van der Waals surface area contributed by atoms with Gasteiger partial charge in [-0.1, -0.05) is 17.8 Å². The van der Waals surface area contributed by atoms with E-state index in [1.807, 2.05) is 96.5 Å². The van der Waals surface area contributed by atoms with Crippen LogP contribution < -0.4 is 9.13 Å². The zero-order chi connectivity index (χ0) is 18.6. The molecule has 3 rings (SSSR count). The Hall–Kier alpha value is -3.40. The second-order valence-electron chi connectivity index (χ2n) is 6.19. The van der Waals surface area contributed by atoms with Crippen molar-refractivity contribution in [1.29, 1.82) is 0 Å². The van der Waals surface area contributed by atoms with Crippen LogP contribution in [0.4, 0.5) is 0 Å². The lowest BCUT2D eigenvalue weighted by molar-refractivity contribution is -0.671. The smallest absolute Gasteiger partial charge is 0.178 e. The quantitative estimate of drug-likeness (QED) is 0.557. The van der Waals surface area contributed by atoms with Crippen LogP contribution in [0.3, 0.4) is 0 Å². The van der Waals surface area contributed by atoms with Crippen LogP contribution in [0.25, 0.3) is 0 Å². The second-order valence-corrected chi connectivity index (χ2v) is 6.19. The summed E-state index contributed by atoms with van der Waals surface area (Å²) in [6, 6.07) is 14.9. The van der Waals surface area contributed by atoms with E-state index in [-0.39, 0.29) is 0 Å². The van der Waals surface area contributed by atoms with E-state index >= 15 is 0 Å². The number of rotatable bonds is 2. The molecule has 0 atom stereocenters. The van der Waals surface area contributed by atoms with Crippen molar-refractivity contribution in [2.45, 2.75) is 5.60 Å². The van der Waals surface area contributed by atoms with Crippen LogP contribution in [0.15, 0.2) is 73.3 Å². The number of aromatic nitrogens is 2. The number of terminal acetylenes is 1. The monoisotopic (exact) mass is 340 g/mol. The van der Waals surface area contributed by atoms with Gasteiger partial charge in [0.1, 0.15) is 14.1 Å². The number of nitrogens with zero attached hydrogens (tertiary/aromatic N) is 2. The maximum Gasteiger partial charge on any atom is 0.178 e. The molecule has 1 aromatic carbocycles. The van der Waals surface area contributed by atoms with Crippen molar-refractivity contribution >= 4 is 0 Å². The van der Waals surface area contributed by atoms with Gasteiger partial charge in [-0.2, -0.15) is 0 Å². The Labute approximate surface area is 154 Å². The Morgan fingerprint density at radius 3 is 1.62 bits per heavy atom. The third kappa shape index (κ3) is 3.64. The Balaban J connectivity index is 2.09. The van der Waals surface area contributed by atoms with E-state index in [9.17, 15) is 5.11 Å². The Morgan fingerprint density at radius 2 is 1.19 bits per heavy atom. The topological polar surface area (TPSA) is 28.0 Å². The molecule has 0 aliphatic heterocycles. The summed E-state index contributed by atoms with van der Waals surface area (Å²) < 4.78 is 3.84. The molecule has 2 aromatic heterocycles. The fraction of sp³-hybridized carbons (Fsp3) is 0.130. The van der Waals surface area contributed by atoms with Gasteiger partial charge in [-0.05, 0) is 24.3 Å². The maximum atomic E-state index is 11.5. The molecular weight excluding hydrogens is 320 g/mol. The molecule has 0 spiro atoms. The van der Waals surface area contributed by atoms with Crippen LogP contribution >= 0.6 is 0 Å². The number of pyridine rings is 2. The first-order valence-electron chi connectivity index (χ1n) is 8.25. The minimum atomic E-state index is -1.41. The molecule has 0 radical (unpaired) electrons. The van der Waals surface area contributed by atoms with Crippen molar-refractivity contribution in [2.75, 3.05) is 0 Å². The van der Waals surface area contributed by atoms with Crippen molar-refractivity contribution in [3.63, 3.8) is 0 Å². The molecular formula is C23H20N2O+2. The highest BCUT2D eigenvalue weighted by Gasteiger charge is 2.31. The minimum absolute atomic E-state index is 0.720. The SMILES string of the molecule is C#Cc1ccc(C#CC(O)(c2cc[n+](C)cc2)c2cc[n+](C)cc2)cc1. The molecule has 2 heterocycles. The van der Waals surface area contributed by atoms with Crippen molar-refractivity contribution in [2.24, 2.45) is 14.1 Å². The van der Waals surface area contributed by atoms with Gasteiger partial charge in [0.2, 0.25) is 0 Å². The lowest BCUT2D eigenvalue weighted by Gasteiger charge is -2.22. The third-order valence-electron chi connectivity index (χ3n) is 4.23. The predicted octanol–water partition coefficient (Wildman–Crippen LogP) is 1.60. The number of hydrogen-bond donors (Lipinski definition) is 1. The first-order valence-corrected chi connectivity index (χ1v) is 8.25. The van der Waals surface area contributed by atoms with Gasteiger partial charge in [0.25, 0.3) is 0 Å². The molecule has 3 heteroatoms. The van der Waals surface area contributed by atoms with E-state index < -0.39 is 5.60 Å². The molecule has 0 saturated heterocycles. The van der Waals surface area contributed by atoms with Gasteiger partial charge in [-0.15, -0.1) is 6.42 Å². The molecule has 26 heavy (non-hydrogen) atoms. The number of hydrogen-bond acceptors (Lipinski definition) is 1. The average Bonchev–Trinajstić information content (AvgIpc) is 2.67. The van der Waals surface area contributed by atoms with E-state index in [1.165, 1.54) is 0 Å². The van der Waals surface area contributed by atoms with Crippen molar-refractivity contribution in [3.05, 3.63) is 95.6 Å². The highest BCUT2D eigenvalue weighted by molar-refractivity contribution is 5.47. The lowest BCUT2D eigenvalue weighted by atomic mass is 9.87. The van der Waals surface area contributed by atoms with Gasteiger partial charge < -0.3 is 5.11 Å². The van der Waals surface area contributed by atoms with Gasteiger partial charge in [0, 0.05) is 46.5 Å². The molecule has 0 aliphatic rings. The van der Waals surface area contributed by atoms with Crippen molar-refractivity contribution in [1.82, 2.24) is 0 Å². The van der Waals surface area contributed by atoms with Crippen LogP contribution in [0, 0.1) is 24.2 Å². The van der Waals surface area contributed by atoms with Crippen LogP contribution in [-0.4, -0.2) is 5.11 Å². The van der Waals surface area contributed by atoms with E-state index in [4.69, 9.17) is 6.42 Å². The summed E-state index contributed by atoms with van der Waals surface area (Å²) in [5, 5.41) is 11.5. The summed E-state index contributed by atoms with van der Waals surface area (Å²) in [6.07, 6.45) is 13.0. The summed E-state index contributed by atoms with van der Waals surface area (Å²) >= 11 is 0. The summed E-state index contributed by atoms with van der Waals surface area (Å²) in [5.41, 5.74) is 1.63. The summed E-state index contributed by atoms with van der Waals surface area (Å²) in [4.78, 5) is 0. The normalized spacial score (nSPS) is 10.5. The molecule has 0 amide bonds. The van der Waals surface area contributed by atoms with Gasteiger partial charge in [-0.3, -0.25) is 0 Å². The zero-order valence-corrected chi connectivity index (χ0v) is 14.8. The maximum absolute atomic E-state index is 11.5. The number of benzene rings is 1. The van der Waals surface area contributed by atoms with Gasteiger partial charge in [0.05, 0.1) is 0 Å². The molecule has 0 saturated carbocycles. The van der Waals surface area contributed by atoms with E-state index in [0.717, 1.165) is 22.3 Å². The zero-order valence-electron chi connectivity index (χ0n) is 14.8. The molecule has 3 nitrogen and oxygen atoms in total. The fourth-order valence-corrected chi connectivity index (χ4v) is 2.61. The molecule has 0 aliphatic carbocycles. The molecule has 0 unspecified atom stereocenters. The van der Waals surface area contributed by atoms with Crippen molar-refractivity contribution in [3.8, 4) is 24.2 Å². The van der Waals surface area contributed by atoms with E-state index in [0.29, 0.717) is 0 Å². The standard InChI is InChI=1S/C23H20N2O/c1-4-19-5-7-20(8-6-19)9-14-23(26,21-10-15-24(2)16-11-21)22-12-17-25(3)18-13-22/h1,5-8,10-13,15-18,26H,2-3H3/q+2. The molecule has 1 N–H and O–H groups in total. The Morgan fingerprint density at radius 1 is 0.769 bits per heavy atom. The van der Waals surface area contributed by atoms with Crippen molar-refractivity contribution < 1.29 is 14.2 Å². The summed E-state index contributed by atoms with van der Waals surface area (Å²) in [7, 11) is 3.87. The largest absolute Gasteiger partial charge is 0.369 e. The van der Waals surface area contributed by atoms with E-state index in [1.54, 1.807) is 0 Å². The number of aliphatic hydroxyl groups is 1. The molecule has 0 bridgehead atoms. The van der Waals surface area contributed by atoms with Crippen LogP contribution in [-0.2, 0) is 19.7 Å². The van der Waals surface area contributed by atoms with Crippen LogP contribution in [0.2, 0.25) is 0 Å². The number of aryl methyl sites for hydroxylation is 2. The fourth-order valence-electron chi connectivity index (χ4n) is 2.61. The van der Waals surface area contributed by atoms with E-state index in [2.05, 4.69) is 17.8 Å². The third-order valence-corrected chi connectivity index (χ3v) is 4.23. The average molecular weight is 340 g/mol. The summed E-state index contributed by atoms with van der Waals surface area (Å²) in [6.45, 7) is 0. The van der Waals surface area contributed by atoms with Crippen LogP contribution in [0.5, 0.6) is 0 Å². The second kappa shape index (κ2) is 7.23. The molecule has 126 valence electrons. The first kappa shape index (κ1) is 17.4. The summed E-state index contributed by atoms with van der Waals surface area (Å²) in [5.74, 6) is 8.72. The predicted molar refractivity (Wildman–Crippen MR) is 99.5 cm³/mol. The molecule has 0 fully saturated rings. The molecule has 3 aromatic rings. The highest BCUT2D eigenvalue weighted by atomic mass is 16.3. The van der Waals surface area contributed by atoms with Gasteiger partial charge in [-0.25, -0.2) is 9.13 Å². The Bertz CT molecular complexity index is 954. The highest BCUT2D eigenvalue weighted by Crippen LogP contribution is 2.28. The lowest BCUT2D eigenvalue weighted by Crippen LogP contribution is -2.32. The first-order chi connectivity index (χ1) is 12.5. The van der Waals surface area contributed by atoms with Gasteiger partial charge in [0.15, 0.2) is 30.4 Å². The minimum Gasteiger partial charge on any atom is -0.369 e. The Kier molecular flexibility index (Phi) is 4.85.